The van der Waals surface area contributed by atoms with Crippen molar-refractivity contribution < 1.29 is 8.95 Å². The molecule has 2 rings (SSSR count). The fourth-order valence-electron chi connectivity index (χ4n) is 1.48. The highest BCUT2D eigenvalue weighted by molar-refractivity contribution is 7.88. The molecule has 0 spiro atoms. The van der Waals surface area contributed by atoms with Crippen LogP contribution in [0, 0.1) is 0 Å². The standard InChI is InChI=1S/C9H13NO2S2/c10-7-3-4-12-6-8(7)14(11)9-2-1-5-13-9/h1-2,5,7-8H,3-4,6,10H2. The molecule has 0 bridgehead atoms. The van der Waals surface area contributed by atoms with Crippen molar-refractivity contribution in [3.05, 3.63) is 17.5 Å². The first kappa shape index (κ1) is 10.3. The molecule has 0 aliphatic carbocycles. The number of ether oxygens (including phenoxy) is 1. The normalized spacial score (nSPS) is 30.1. The zero-order chi connectivity index (χ0) is 9.97. The van der Waals surface area contributed by atoms with Gasteiger partial charge < -0.3 is 10.5 Å². The van der Waals surface area contributed by atoms with Gasteiger partial charge in [0, 0.05) is 12.6 Å². The molecule has 0 aromatic carbocycles. The van der Waals surface area contributed by atoms with Gasteiger partial charge in [0.2, 0.25) is 0 Å². The lowest BCUT2D eigenvalue weighted by atomic mass is 10.1. The first-order valence-corrected chi connectivity index (χ1v) is 6.65. The van der Waals surface area contributed by atoms with Gasteiger partial charge in [-0.15, -0.1) is 11.3 Å². The van der Waals surface area contributed by atoms with Crippen molar-refractivity contribution in [2.75, 3.05) is 13.2 Å². The molecule has 0 amide bonds. The minimum atomic E-state index is -1.00. The minimum absolute atomic E-state index is 0.00619. The van der Waals surface area contributed by atoms with Crippen LogP contribution in [0.4, 0.5) is 0 Å². The molecule has 3 nitrogen and oxygen atoms in total. The predicted octanol–water partition coefficient (Wildman–Crippen LogP) is 0.972. The monoisotopic (exact) mass is 231 g/mol. The smallest absolute Gasteiger partial charge is 0.0914 e. The van der Waals surface area contributed by atoms with Gasteiger partial charge in [0.15, 0.2) is 0 Å². The van der Waals surface area contributed by atoms with Crippen LogP contribution >= 0.6 is 11.3 Å². The first-order valence-electron chi connectivity index (χ1n) is 4.56. The molecule has 1 aromatic rings. The van der Waals surface area contributed by atoms with Gasteiger partial charge in [-0.2, -0.15) is 0 Å². The molecule has 1 aliphatic rings. The maximum absolute atomic E-state index is 12.0. The molecule has 1 fully saturated rings. The summed E-state index contributed by atoms with van der Waals surface area (Å²) in [5.74, 6) is 0. The van der Waals surface area contributed by atoms with Crippen LogP contribution in [0.5, 0.6) is 0 Å². The van der Waals surface area contributed by atoms with Crippen LogP contribution in [0.25, 0.3) is 0 Å². The van der Waals surface area contributed by atoms with Crippen LogP contribution in [0.3, 0.4) is 0 Å². The van der Waals surface area contributed by atoms with E-state index in [9.17, 15) is 4.21 Å². The zero-order valence-corrected chi connectivity index (χ0v) is 9.35. The van der Waals surface area contributed by atoms with Gasteiger partial charge in [-0.3, -0.25) is 4.21 Å². The maximum Gasteiger partial charge on any atom is 0.0914 e. The van der Waals surface area contributed by atoms with E-state index in [1.165, 1.54) is 11.3 Å². The van der Waals surface area contributed by atoms with E-state index in [0.29, 0.717) is 13.2 Å². The third kappa shape index (κ3) is 2.06. The van der Waals surface area contributed by atoms with Crippen LogP contribution in [0.15, 0.2) is 21.7 Å². The second-order valence-electron chi connectivity index (χ2n) is 3.30. The molecule has 3 unspecified atom stereocenters. The van der Waals surface area contributed by atoms with Crippen molar-refractivity contribution in [3.8, 4) is 0 Å². The van der Waals surface area contributed by atoms with Gasteiger partial charge in [0.25, 0.3) is 0 Å². The van der Waals surface area contributed by atoms with E-state index in [1.807, 2.05) is 17.5 Å². The summed E-state index contributed by atoms with van der Waals surface area (Å²) in [6.07, 6.45) is 0.807. The summed E-state index contributed by atoms with van der Waals surface area (Å²) < 4.78 is 18.2. The van der Waals surface area contributed by atoms with Crippen LogP contribution in [0.2, 0.25) is 0 Å². The van der Waals surface area contributed by atoms with Gasteiger partial charge >= 0.3 is 0 Å². The Hall–Kier alpha value is -0.230. The second kappa shape index (κ2) is 4.53. The fraction of sp³-hybridized carbons (Fsp3) is 0.556. The molecule has 3 atom stereocenters. The highest BCUT2D eigenvalue weighted by Crippen LogP contribution is 2.21. The van der Waals surface area contributed by atoms with Crippen molar-refractivity contribution in [1.29, 1.82) is 0 Å². The minimum Gasteiger partial charge on any atom is -0.380 e. The van der Waals surface area contributed by atoms with E-state index in [-0.39, 0.29) is 11.3 Å². The van der Waals surface area contributed by atoms with Crippen molar-refractivity contribution in [2.45, 2.75) is 21.9 Å². The van der Waals surface area contributed by atoms with E-state index < -0.39 is 10.8 Å². The molecule has 14 heavy (non-hydrogen) atoms. The molecular formula is C9H13NO2S2. The van der Waals surface area contributed by atoms with E-state index in [1.54, 1.807) is 0 Å². The second-order valence-corrected chi connectivity index (χ2v) is 6.14. The number of nitrogens with two attached hydrogens (primary N) is 1. The summed E-state index contributed by atoms with van der Waals surface area (Å²) in [6, 6.07) is 3.81. The summed E-state index contributed by atoms with van der Waals surface area (Å²) in [4.78, 5) is 0. The van der Waals surface area contributed by atoms with E-state index >= 15 is 0 Å². The lowest BCUT2D eigenvalue weighted by Gasteiger charge is -2.27. The molecule has 2 heterocycles. The summed E-state index contributed by atoms with van der Waals surface area (Å²) in [7, 11) is -1.00. The molecule has 0 radical (unpaired) electrons. The Labute approximate surface area is 89.7 Å². The predicted molar refractivity (Wildman–Crippen MR) is 57.9 cm³/mol. The number of rotatable bonds is 2. The van der Waals surface area contributed by atoms with E-state index in [4.69, 9.17) is 10.5 Å². The largest absolute Gasteiger partial charge is 0.380 e. The Bertz CT molecular complexity index is 313. The fourth-order valence-corrected chi connectivity index (χ4v) is 4.03. The molecular weight excluding hydrogens is 218 g/mol. The maximum atomic E-state index is 12.0. The number of hydrogen-bond acceptors (Lipinski definition) is 4. The highest BCUT2D eigenvalue weighted by Gasteiger charge is 2.29. The average molecular weight is 231 g/mol. The number of hydrogen-bond donors (Lipinski definition) is 1. The zero-order valence-electron chi connectivity index (χ0n) is 7.72. The Balaban J connectivity index is 2.10. The summed E-state index contributed by atoms with van der Waals surface area (Å²) in [6.45, 7) is 1.21. The lowest BCUT2D eigenvalue weighted by molar-refractivity contribution is 0.0904. The van der Waals surface area contributed by atoms with E-state index in [0.717, 1.165) is 10.6 Å². The van der Waals surface area contributed by atoms with Crippen molar-refractivity contribution in [2.24, 2.45) is 5.73 Å². The summed E-state index contributed by atoms with van der Waals surface area (Å²) in [5, 5.41) is 1.89. The van der Waals surface area contributed by atoms with Crippen molar-refractivity contribution in [3.63, 3.8) is 0 Å². The third-order valence-electron chi connectivity index (χ3n) is 2.32. The Morgan fingerprint density at radius 2 is 2.50 bits per heavy atom. The summed E-state index contributed by atoms with van der Waals surface area (Å²) >= 11 is 1.52. The highest BCUT2D eigenvalue weighted by atomic mass is 32.2. The van der Waals surface area contributed by atoms with Gasteiger partial charge in [0.05, 0.1) is 26.9 Å². The molecule has 1 saturated heterocycles. The van der Waals surface area contributed by atoms with E-state index in [2.05, 4.69) is 0 Å². The molecule has 2 N–H and O–H groups in total. The van der Waals surface area contributed by atoms with Crippen LogP contribution < -0.4 is 5.73 Å². The van der Waals surface area contributed by atoms with Crippen LogP contribution in [-0.4, -0.2) is 28.7 Å². The molecule has 78 valence electrons. The number of thiophene rings is 1. The van der Waals surface area contributed by atoms with Crippen molar-refractivity contribution >= 4 is 22.1 Å². The average Bonchev–Trinajstić information content (AvgIpc) is 2.70. The van der Waals surface area contributed by atoms with Gasteiger partial charge in [-0.25, -0.2) is 0 Å². The topological polar surface area (TPSA) is 52.3 Å². The molecule has 5 heteroatoms. The Kier molecular flexibility index (Phi) is 3.33. The molecule has 0 saturated carbocycles. The SMILES string of the molecule is NC1CCOCC1S(=O)c1cccs1. The van der Waals surface area contributed by atoms with Gasteiger partial charge in [0.1, 0.15) is 0 Å². The lowest BCUT2D eigenvalue weighted by Crippen LogP contribution is -2.45. The van der Waals surface area contributed by atoms with Gasteiger partial charge in [-0.1, -0.05) is 6.07 Å². The Morgan fingerprint density at radius 3 is 3.14 bits per heavy atom. The van der Waals surface area contributed by atoms with Gasteiger partial charge in [-0.05, 0) is 17.9 Å². The quantitative estimate of drug-likeness (QED) is 0.825. The summed E-state index contributed by atoms with van der Waals surface area (Å²) in [5.41, 5.74) is 5.92. The molecule has 1 aliphatic heterocycles. The molecule has 1 aromatic heterocycles. The third-order valence-corrected chi connectivity index (χ3v) is 5.33. The Morgan fingerprint density at radius 1 is 1.64 bits per heavy atom. The van der Waals surface area contributed by atoms with Crippen molar-refractivity contribution in [1.82, 2.24) is 0 Å². The van der Waals surface area contributed by atoms with Crippen LogP contribution in [-0.2, 0) is 15.5 Å². The van der Waals surface area contributed by atoms with Crippen LogP contribution in [0.1, 0.15) is 6.42 Å². The first-order chi connectivity index (χ1) is 6.79.